The zero-order valence-electron chi connectivity index (χ0n) is 13.9. The molecular weight excluding hydrogens is 372 g/mol. The van der Waals surface area contributed by atoms with Crippen LogP contribution >= 0.6 is 15.9 Å². The Balaban J connectivity index is 1.40. The van der Waals surface area contributed by atoms with Crippen molar-refractivity contribution < 1.29 is 9.21 Å². The minimum absolute atomic E-state index is 0.152. The van der Waals surface area contributed by atoms with Crippen molar-refractivity contribution in [2.45, 2.75) is 39.3 Å². The standard InChI is InChI=1S/C17H23BrN4O2/c1-13-15(18)12-22(20-13)10-4-7-19-17(23)16-6-5-14(24-16)11-21-8-2-3-9-21/h5-6,12H,2-4,7-11H2,1H3,(H,19,23). The first-order chi connectivity index (χ1) is 11.6. The van der Waals surface area contributed by atoms with Crippen LogP contribution in [-0.4, -0.2) is 40.2 Å². The molecule has 1 N–H and O–H groups in total. The van der Waals surface area contributed by atoms with Crippen LogP contribution in [0.5, 0.6) is 0 Å². The van der Waals surface area contributed by atoms with Crippen molar-refractivity contribution in [1.82, 2.24) is 20.0 Å². The number of hydrogen-bond acceptors (Lipinski definition) is 4. The molecular formula is C17H23BrN4O2. The summed E-state index contributed by atoms with van der Waals surface area (Å²) in [5.41, 5.74) is 0.972. The van der Waals surface area contributed by atoms with Gasteiger partial charge in [0.15, 0.2) is 5.76 Å². The number of carbonyl (C=O) groups is 1. The second kappa shape index (κ2) is 7.98. The second-order valence-corrected chi connectivity index (χ2v) is 7.04. The molecule has 6 nitrogen and oxygen atoms in total. The first-order valence-corrected chi connectivity index (χ1v) is 9.20. The summed E-state index contributed by atoms with van der Waals surface area (Å²) >= 11 is 3.44. The monoisotopic (exact) mass is 394 g/mol. The van der Waals surface area contributed by atoms with E-state index in [4.69, 9.17) is 4.42 Å². The van der Waals surface area contributed by atoms with Crippen molar-refractivity contribution in [1.29, 1.82) is 0 Å². The summed E-state index contributed by atoms with van der Waals surface area (Å²) in [7, 11) is 0. The van der Waals surface area contributed by atoms with Crippen molar-refractivity contribution in [2.24, 2.45) is 0 Å². The number of amides is 1. The van der Waals surface area contributed by atoms with Crippen molar-refractivity contribution in [3.05, 3.63) is 40.0 Å². The molecule has 0 aliphatic carbocycles. The molecule has 0 unspecified atom stereocenters. The Morgan fingerprint density at radius 2 is 2.17 bits per heavy atom. The van der Waals surface area contributed by atoms with E-state index in [1.54, 1.807) is 6.07 Å². The topological polar surface area (TPSA) is 63.3 Å². The summed E-state index contributed by atoms with van der Waals surface area (Å²) in [6, 6.07) is 3.66. The number of rotatable bonds is 7. The van der Waals surface area contributed by atoms with Gasteiger partial charge in [0.25, 0.3) is 5.91 Å². The Morgan fingerprint density at radius 1 is 1.38 bits per heavy atom. The zero-order valence-corrected chi connectivity index (χ0v) is 15.5. The van der Waals surface area contributed by atoms with Gasteiger partial charge in [0.05, 0.1) is 16.7 Å². The number of aromatic nitrogens is 2. The first-order valence-electron chi connectivity index (χ1n) is 8.40. The highest BCUT2D eigenvalue weighted by atomic mass is 79.9. The molecule has 1 aliphatic rings. The van der Waals surface area contributed by atoms with Crippen LogP contribution in [0.25, 0.3) is 0 Å². The number of nitrogens with zero attached hydrogens (tertiary/aromatic N) is 3. The largest absolute Gasteiger partial charge is 0.455 e. The van der Waals surface area contributed by atoms with Gasteiger partial charge in [-0.25, -0.2) is 0 Å². The predicted octanol–water partition coefficient (Wildman–Crippen LogP) is 2.96. The average molecular weight is 395 g/mol. The molecule has 2 aromatic rings. The number of nitrogens with one attached hydrogen (secondary N) is 1. The van der Waals surface area contributed by atoms with Crippen LogP contribution in [0.4, 0.5) is 0 Å². The molecule has 3 rings (SSSR count). The van der Waals surface area contributed by atoms with Crippen LogP contribution in [-0.2, 0) is 13.1 Å². The molecule has 0 spiro atoms. The van der Waals surface area contributed by atoms with Gasteiger partial charge in [-0.2, -0.15) is 5.10 Å². The first kappa shape index (κ1) is 17.2. The Labute approximate surface area is 150 Å². The fraction of sp³-hybridized carbons (Fsp3) is 0.529. The lowest BCUT2D eigenvalue weighted by Crippen LogP contribution is -2.25. The molecule has 3 heterocycles. The van der Waals surface area contributed by atoms with Crippen molar-refractivity contribution in [3.8, 4) is 0 Å². The van der Waals surface area contributed by atoms with Gasteiger partial charge in [-0.3, -0.25) is 14.4 Å². The maximum absolute atomic E-state index is 12.1. The van der Waals surface area contributed by atoms with E-state index >= 15 is 0 Å². The SMILES string of the molecule is Cc1nn(CCCNC(=O)c2ccc(CN3CCCC3)o2)cc1Br. The highest BCUT2D eigenvalue weighted by Gasteiger charge is 2.15. The highest BCUT2D eigenvalue weighted by Crippen LogP contribution is 2.15. The molecule has 0 aromatic carbocycles. The van der Waals surface area contributed by atoms with Gasteiger partial charge in [0, 0.05) is 19.3 Å². The van der Waals surface area contributed by atoms with E-state index in [1.165, 1.54) is 12.8 Å². The summed E-state index contributed by atoms with van der Waals surface area (Å²) in [6.45, 7) is 6.35. The predicted molar refractivity (Wildman–Crippen MR) is 94.8 cm³/mol. The molecule has 2 aromatic heterocycles. The molecule has 0 saturated carbocycles. The Hall–Kier alpha value is -1.60. The van der Waals surface area contributed by atoms with E-state index < -0.39 is 0 Å². The smallest absolute Gasteiger partial charge is 0.286 e. The Bertz CT molecular complexity index is 669. The third-order valence-electron chi connectivity index (χ3n) is 4.20. The fourth-order valence-electron chi connectivity index (χ4n) is 2.88. The van der Waals surface area contributed by atoms with Gasteiger partial charge in [-0.15, -0.1) is 0 Å². The van der Waals surface area contributed by atoms with E-state index in [2.05, 4.69) is 31.2 Å². The molecule has 130 valence electrons. The molecule has 24 heavy (non-hydrogen) atoms. The number of hydrogen-bond donors (Lipinski definition) is 1. The molecule has 1 aliphatic heterocycles. The van der Waals surface area contributed by atoms with Gasteiger partial charge in [0.1, 0.15) is 5.76 Å². The lowest BCUT2D eigenvalue weighted by Gasteiger charge is -2.11. The van der Waals surface area contributed by atoms with Gasteiger partial charge < -0.3 is 9.73 Å². The molecule has 7 heteroatoms. The zero-order chi connectivity index (χ0) is 16.9. The van der Waals surface area contributed by atoms with Crippen molar-refractivity contribution in [2.75, 3.05) is 19.6 Å². The van der Waals surface area contributed by atoms with Crippen molar-refractivity contribution in [3.63, 3.8) is 0 Å². The molecule has 0 atom stereocenters. The second-order valence-electron chi connectivity index (χ2n) is 6.18. The van der Waals surface area contributed by atoms with Gasteiger partial charge in [-0.05, 0) is 67.3 Å². The van der Waals surface area contributed by atoms with Crippen LogP contribution in [0.2, 0.25) is 0 Å². The molecule has 1 fully saturated rings. The fourth-order valence-corrected chi connectivity index (χ4v) is 3.20. The van der Waals surface area contributed by atoms with E-state index in [0.717, 1.165) is 48.5 Å². The van der Waals surface area contributed by atoms with Crippen LogP contribution in [0.15, 0.2) is 27.2 Å². The Morgan fingerprint density at radius 3 is 2.88 bits per heavy atom. The quantitative estimate of drug-likeness (QED) is 0.733. The maximum atomic E-state index is 12.1. The van der Waals surface area contributed by atoms with Crippen molar-refractivity contribution >= 4 is 21.8 Å². The number of aryl methyl sites for hydroxylation is 2. The van der Waals surface area contributed by atoms with E-state index in [-0.39, 0.29) is 5.91 Å². The van der Waals surface area contributed by atoms with Crippen LogP contribution < -0.4 is 5.32 Å². The minimum atomic E-state index is -0.152. The summed E-state index contributed by atoms with van der Waals surface area (Å²) in [4.78, 5) is 14.5. The summed E-state index contributed by atoms with van der Waals surface area (Å²) < 4.78 is 8.55. The number of carbonyl (C=O) groups excluding carboxylic acids is 1. The van der Waals surface area contributed by atoms with E-state index in [1.807, 2.05) is 23.9 Å². The summed E-state index contributed by atoms with van der Waals surface area (Å²) in [5.74, 6) is 1.10. The summed E-state index contributed by atoms with van der Waals surface area (Å²) in [5, 5.41) is 7.27. The van der Waals surface area contributed by atoms with Crippen LogP contribution in [0, 0.1) is 6.92 Å². The third kappa shape index (κ3) is 4.48. The highest BCUT2D eigenvalue weighted by molar-refractivity contribution is 9.10. The van der Waals surface area contributed by atoms with Gasteiger partial charge in [-0.1, -0.05) is 0 Å². The molecule has 0 bridgehead atoms. The number of likely N-dealkylation sites (tertiary alicyclic amines) is 1. The third-order valence-corrected chi connectivity index (χ3v) is 4.98. The summed E-state index contributed by atoms with van der Waals surface area (Å²) in [6.07, 6.45) is 5.27. The minimum Gasteiger partial charge on any atom is -0.455 e. The van der Waals surface area contributed by atoms with Crippen LogP contribution in [0.3, 0.4) is 0 Å². The average Bonchev–Trinajstić information content (AvgIpc) is 3.28. The molecule has 0 radical (unpaired) electrons. The van der Waals surface area contributed by atoms with Crippen LogP contribution in [0.1, 0.15) is 41.3 Å². The van der Waals surface area contributed by atoms with Gasteiger partial charge >= 0.3 is 0 Å². The maximum Gasteiger partial charge on any atom is 0.286 e. The lowest BCUT2D eigenvalue weighted by atomic mass is 10.3. The molecule has 1 amide bonds. The number of halogens is 1. The Kier molecular flexibility index (Phi) is 5.73. The normalized spacial score (nSPS) is 15.1. The van der Waals surface area contributed by atoms with E-state index in [9.17, 15) is 4.79 Å². The van der Waals surface area contributed by atoms with E-state index in [0.29, 0.717) is 12.3 Å². The van der Waals surface area contributed by atoms with Gasteiger partial charge in [0.2, 0.25) is 0 Å². The lowest BCUT2D eigenvalue weighted by molar-refractivity contribution is 0.0921. The number of furan rings is 1. The molecule has 1 saturated heterocycles.